The van der Waals surface area contributed by atoms with Crippen molar-refractivity contribution >= 4 is 11.0 Å². The third kappa shape index (κ3) is 2.96. The summed E-state index contributed by atoms with van der Waals surface area (Å²) in [6.45, 7) is 5.94. The molecule has 1 heterocycles. The van der Waals surface area contributed by atoms with Gasteiger partial charge in [0.1, 0.15) is 5.82 Å². The number of rotatable bonds is 6. The molecule has 0 fully saturated rings. The summed E-state index contributed by atoms with van der Waals surface area (Å²) >= 11 is 0. The van der Waals surface area contributed by atoms with Gasteiger partial charge in [-0.15, -0.1) is 0 Å². The van der Waals surface area contributed by atoms with Crippen LogP contribution in [0, 0.1) is 13.8 Å². The van der Waals surface area contributed by atoms with Crippen molar-refractivity contribution in [2.24, 2.45) is 5.73 Å². The summed E-state index contributed by atoms with van der Waals surface area (Å²) in [5.74, 6) is 1.08. The number of nitrogens with two attached hydrogens (primary N) is 1. The van der Waals surface area contributed by atoms with Gasteiger partial charge in [0.25, 0.3) is 0 Å². The Labute approximate surface area is 114 Å². The van der Waals surface area contributed by atoms with Crippen LogP contribution in [-0.2, 0) is 13.0 Å². The molecule has 19 heavy (non-hydrogen) atoms. The van der Waals surface area contributed by atoms with Crippen LogP contribution >= 0.6 is 0 Å². The Hall–Kier alpha value is -1.39. The average Bonchev–Trinajstić information content (AvgIpc) is 2.71. The predicted octanol–water partition coefficient (Wildman–Crippen LogP) is 1.93. The van der Waals surface area contributed by atoms with E-state index in [1.54, 1.807) is 0 Å². The Kier molecular flexibility index (Phi) is 4.56. The first-order valence-corrected chi connectivity index (χ1v) is 6.94. The molecule has 4 heteroatoms. The van der Waals surface area contributed by atoms with Crippen molar-refractivity contribution in [3.63, 3.8) is 0 Å². The Morgan fingerprint density at radius 3 is 2.63 bits per heavy atom. The molecule has 2 aromatic rings. The molecule has 1 aromatic carbocycles. The van der Waals surface area contributed by atoms with Crippen LogP contribution in [-0.4, -0.2) is 27.8 Å². The summed E-state index contributed by atoms with van der Waals surface area (Å²) in [7, 11) is 0. The van der Waals surface area contributed by atoms with E-state index in [0.717, 1.165) is 37.1 Å². The molecule has 0 atom stereocenters. The fraction of sp³-hybridized carbons (Fsp3) is 0.533. The topological polar surface area (TPSA) is 64.1 Å². The maximum absolute atomic E-state index is 9.05. The van der Waals surface area contributed by atoms with Crippen molar-refractivity contribution in [3.05, 3.63) is 29.1 Å². The minimum atomic E-state index is 0.209. The molecule has 0 bridgehead atoms. The lowest BCUT2D eigenvalue weighted by molar-refractivity contribution is 0.280. The van der Waals surface area contributed by atoms with Crippen molar-refractivity contribution in [2.45, 2.75) is 39.7 Å². The smallest absolute Gasteiger partial charge is 0.109 e. The minimum Gasteiger partial charge on any atom is -0.396 e. The number of hydrogen-bond donors (Lipinski definition) is 2. The number of nitrogens with zero attached hydrogens (tertiary/aromatic N) is 2. The van der Waals surface area contributed by atoms with Gasteiger partial charge < -0.3 is 15.4 Å². The van der Waals surface area contributed by atoms with Gasteiger partial charge in [-0.3, -0.25) is 0 Å². The summed E-state index contributed by atoms with van der Waals surface area (Å²) in [6, 6.07) is 4.34. The monoisotopic (exact) mass is 261 g/mol. The second-order valence-corrected chi connectivity index (χ2v) is 5.07. The van der Waals surface area contributed by atoms with Crippen molar-refractivity contribution in [3.8, 4) is 0 Å². The molecule has 0 unspecified atom stereocenters. The number of benzene rings is 1. The highest BCUT2D eigenvalue weighted by Crippen LogP contribution is 2.22. The zero-order valence-electron chi connectivity index (χ0n) is 11.8. The van der Waals surface area contributed by atoms with Crippen LogP contribution in [0.5, 0.6) is 0 Å². The summed E-state index contributed by atoms with van der Waals surface area (Å²) in [5, 5.41) is 9.05. The zero-order chi connectivity index (χ0) is 13.8. The second-order valence-electron chi connectivity index (χ2n) is 5.07. The lowest BCUT2D eigenvalue weighted by Crippen LogP contribution is -2.08. The molecule has 0 saturated carbocycles. The molecule has 0 aliphatic carbocycles. The van der Waals surface area contributed by atoms with Crippen molar-refractivity contribution in [2.75, 3.05) is 13.2 Å². The maximum Gasteiger partial charge on any atom is 0.109 e. The van der Waals surface area contributed by atoms with Crippen LogP contribution in [0.15, 0.2) is 12.1 Å². The Bertz CT molecular complexity index is 560. The van der Waals surface area contributed by atoms with Crippen LogP contribution in [0.1, 0.15) is 29.8 Å². The fourth-order valence-corrected chi connectivity index (χ4v) is 2.36. The number of aliphatic hydroxyl groups excluding tert-OH is 1. The van der Waals surface area contributed by atoms with Gasteiger partial charge in [-0.05, 0) is 56.5 Å². The third-order valence-electron chi connectivity index (χ3n) is 3.59. The minimum absolute atomic E-state index is 0.209. The van der Waals surface area contributed by atoms with Gasteiger partial charge >= 0.3 is 0 Å². The molecule has 3 N–H and O–H groups in total. The van der Waals surface area contributed by atoms with E-state index in [4.69, 9.17) is 15.8 Å². The largest absolute Gasteiger partial charge is 0.396 e. The molecule has 0 aliphatic rings. The molecule has 0 spiro atoms. The first-order chi connectivity index (χ1) is 9.17. The Morgan fingerprint density at radius 2 is 1.95 bits per heavy atom. The lowest BCUT2D eigenvalue weighted by Gasteiger charge is -2.08. The van der Waals surface area contributed by atoms with Gasteiger partial charge in [0.2, 0.25) is 0 Å². The molecule has 104 valence electrons. The highest BCUT2D eigenvalue weighted by molar-refractivity contribution is 5.78. The summed E-state index contributed by atoms with van der Waals surface area (Å²) in [5.41, 5.74) is 10.4. The van der Waals surface area contributed by atoms with E-state index in [2.05, 4.69) is 30.5 Å². The van der Waals surface area contributed by atoms with Gasteiger partial charge in [0.05, 0.1) is 11.0 Å². The summed E-state index contributed by atoms with van der Waals surface area (Å²) in [6.07, 6.45) is 2.60. The van der Waals surface area contributed by atoms with Gasteiger partial charge in [0.15, 0.2) is 0 Å². The van der Waals surface area contributed by atoms with Crippen molar-refractivity contribution in [1.29, 1.82) is 0 Å². The first kappa shape index (κ1) is 14.0. The van der Waals surface area contributed by atoms with Crippen molar-refractivity contribution < 1.29 is 5.11 Å². The van der Waals surface area contributed by atoms with Gasteiger partial charge in [-0.1, -0.05) is 0 Å². The number of hydrogen-bond acceptors (Lipinski definition) is 3. The normalized spacial score (nSPS) is 11.4. The predicted molar refractivity (Wildman–Crippen MR) is 78.3 cm³/mol. The van der Waals surface area contributed by atoms with Crippen LogP contribution in [0.2, 0.25) is 0 Å². The molecule has 4 nitrogen and oxygen atoms in total. The molecular weight excluding hydrogens is 238 g/mol. The van der Waals surface area contributed by atoms with Crippen LogP contribution < -0.4 is 5.73 Å². The van der Waals surface area contributed by atoms with Crippen LogP contribution in [0.4, 0.5) is 0 Å². The molecule has 0 radical (unpaired) electrons. The third-order valence-corrected chi connectivity index (χ3v) is 3.59. The van der Waals surface area contributed by atoms with Gasteiger partial charge in [-0.25, -0.2) is 4.98 Å². The van der Waals surface area contributed by atoms with E-state index in [9.17, 15) is 0 Å². The standard InChI is InChI=1S/C15H23N3O/c1-11-9-13-14(10-12(11)2)18(7-4-8-19)15(17-13)5-3-6-16/h9-10,19H,3-8,16H2,1-2H3. The summed E-state index contributed by atoms with van der Waals surface area (Å²) in [4.78, 5) is 4.73. The Morgan fingerprint density at radius 1 is 1.21 bits per heavy atom. The average molecular weight is 261 g/mol. The van der Waals surface area contributed by atoms with E-state index in [-0.39, 0.29) is 6.61 Å². The number of aromatic nitrogens is 2. The molecule has 0 amide bonds. The summed E-state index contributed by atoms with van der Waals surface area (Å²) < 4.78 is 2.23. The van der Waals surface area contributed by atoms with E-state index in [0.29, 0.717) is 6.54 Å². The Balaban J connectivity index is 2.46. The van der Waals surface area contributed by atoms with Gasteiger partial charge in [-0.2, -0.15) is 0 Å². The number of aliphatic hydroxyl groups is 1. The number of aryl methyl sites for hydroxylation is 4. The van der Waals surface area contributed by atoms with Crippen LogP contribution in [0.3, 0.4) is 0 Å². The fourth-order valence-electron chi connectivity index (χ4n) is 2.36. The van der Waals surface area contributed by atoms with E-state index in [1.807, 2.05) is 0 Å². The van der Waals surface area contributed by atoms with Crippen molar-refractivity contribution in [1.82, 2.24) is 9.55 Å². The molecule has 2 rings (SSSR count). The quantitative estimate of drug-likeness (QED) is 0.835. The maximum atomic E-state index is 9.05. The molecule has 0 saturated heterocycles. The molecule has 0 aliphatic heterocycles. The molecule has 1 aromatic heterocycles. The molecular formula is C15H23N3O. The van der Waals surface area contributed by atoms with Crippen LogP contribution in [0.25, 0.3) is 11.0 Å². The zero-order valence-corrected chi connectivity index (χ0v) is 11.8. The SMILES string of the molecule is Cc1cc2nc(CCCN)n(CCCO)c2cc1C. The lowest BCUT2D eigenvalue weighted by atomic mass is 10.1. The second kappa shape index (κ2) is 6.17. The van der Waals surface area contributed by atoms with Gasteiger partial charge in [0, 0.05) is 19.6 Å². The number of imidazole rings is 1. The van der Waals surface area contributed by atoms with E-state index < -0.39 is 0 Å². The highest BCUT2D eigenvalue weighted by atomic mass is 16.3. The first-order valence-electron chi connectivity index (χ1n) is 6.94. The number of fused-ring (bicyclic) bond motifs is 1. The highest BCUT2D eigenvalue weighted by Gasteiger charge is 2.11. The van der Waals surface area contributed by atoms with E-state index >= 15 is 0 Å². The van der Waals surface area contributed by atoms with E-state index in [1.165, 1.54) is 16.6 Å².